The summed E-state index contributed by atoms with van der Waals surface area (Å²) in [6.45, 7) is 6.53. The Kier molecular flexibility index (Phi) is 9.56. The molecule has 0 unspecified atom stereocenters. The van der Waals surface area contributed by atoms with E-state index in [0.717, 1.165) is 5.56 Å². The molecule has 0 saturated heterocycles. The first-order valence-corrected chi connectivity index (χ1v) is 12.1. The Labute approximate surface area is 194 Å². The Hall–Kier alpha value is -3.24. The number of rotatable bonds is 10. The summed E-state index contributed by atoms with van der Waals surface area (Å²) in [5.41, 5.74) is 1.53. The maximum absolute atomic E-state index is 12.5. The molecule has 2 aromatic rings. The molecule has 10 heteroatoms. The Balaban J connectivity index is 1.85. The van der Waals surface area contributed by atoms with Crippen molar-refractivity contribution < 1.29 is 27.5 Å². The van der Waals surface area contributed by atoms with Crippen molar-refractivity contribution in [2.45, 2.75) is 32.1 Å². The number of nitrogens with one attached hydrogen (secondary N) is 2. The molecule has 0 aliphatic heterocycles. The van der Waals surface area contributed by atoms with Gasteiger partial charge in [0.15, 0.2) is 0 Å². The molecular formula is C23H29N3O6S. The van der Waals surface area contributed by atoms with E-state index in [1.807, 2.05) is 0 Å². The van der Waals surface area contributed by atoms with Crippen LogP contribution in [0.1, 0.15) is 36.7 Å². The molecule has 0 atom stereocenters. The van der Waals surface area contributed by atoms with Crippen LogP contribution in [0, 0.1) is 0 Å². The molecule has 0 bridgehead atoms. The lowest BCUT2D eigenvalue weighted by Crippen LogP contribution is -2.36. The van der Waals surface area contributed by atoms with E-state index in [1.54, 1.807) is 32.9 Å². The third-order valence-corrected chi connectivity index (χ3v) is 6.89. The zero-order chi connectivity index (χ0) is 24.4. The van der Waals surface area contributed by atoms with Gasteiger partial charge in [0.05, 0.1) is 17.1 Å². The largest absolute Gasteiger partial charge is 0.462 e. The Bertz CT molecular complexity index is 1060. The quantitative estimate of drug-likeness (QED) is 0.401. The maximum atomic E-state index is 12.5. The number of anilines is 1. The normalized spacial score (nSPS) is 11.2. The zero-order valence-corrected chi connectivity index (χ0v) is 19.8. The van der Waals surface area contributed by atoms with Crippen LogP contribution in [0.3, 0.4) is 0 Å². The molecule has 0 fully saturated rings. The number of carbonyl (C=O) groups is 3. The van der Waals surface area contributed by atoms with Gasteiger partial charge in [0.2, 0.25) is 10.0 Å². The molecule has 178 valence electrons. The number of hydrogen-bond donors (Lipinski definition) is 2. The Morgan fingerprint density at radius 3 is 2.03 bits per heavy atom. The number of carbonyl (C=O) groups excluding carboxylic acids is 3. The second-order valence-electron chi connectivity index (χ2n) is 6.99. The van der Waals surface area contributed by atoms with E-state index >= 15 is 0 Å². The minimum Gasteiger partial charge on any atom is -0.462 e. The topological polar surface area (TPSA) is 122 Å². The number of benzene rings is 2. The zero-order valence-electron chi connectivity index (χ0n) is 19.0. The monoisotopic (exact) mass is 475 g/mol. The second kappa shape index (κ2) is 12.1. The summed E-state index contributed by atoms with van der Waals surface area (Å²) >= 11 is 0. The summed E-state index contributed by atoms with van der Waals surface area (Å²) in [5.74, 6) is -2.10. The van der Waals surface area contributed by atoms with Crippen molar-refractivity contribution in [3.8, 4) is 0 Å². The van der Waals surface area contributed by atoms with Crippen LogP contribution in [0.4, 0.5) is 5.69 Å². The molecule has 33 heavy (non-hydrogen) atoms. The fourth-order valence-electron chi connectivity index (χ4n) is 3.03. The highest BCUT2D eigenvalue weighted by atomic mass is 32.2. The summed E-state index contributed by atoms with van der Waals surface area (Å²) in [4.78, 5) is 36.0. The van der Waals surface area contributed by atoms with Gasteiger partial charge in [-0.3, -0.25) is 9.59 Å². The van der Waals surface area contributed by atoms with Crippen molar-refractivity contribution in [3.05, 3.63) is 59.7 Å². The van der Waals surface area contributed by atoms with Gasteiger partial charge >= 0.3 is 17.8 Å². The SMILES string of the molecule is CCOC(=O)c1ccc(NC(=O)C(=O)NCCc2ccc(S(=O)(=O)N(CC)CC)cc2)cc1. The molecule has 0 aromatic heterocycles. The molecule has 9 nitrogen and oxygen atoms in total. The van der Waals surface area contributed by atoms with Crippen molar-refractivity contribution in [1.82, 2.24) is 9.62 Å². The van der Waals surface area contributed by atoms with Crippen molar-refractivity contribution >= 4 is 33.5 Å². The fraction of sp³-hybridized carbons (Fsp3) is 0.348. The number of sulfonamides is 1. The third kappa shape index (κ3) is 7.13. The summed E-state index contributed by atoms with van der Waals surface area (Å²) in [5, 5.41) is 4.99. The predicted octanol–water partition coefficient (Wildman–Crippen LogP) is 2.19. The van der Waals surface area contributed by atoms with Crippen molar-refractivity contribution in [1.29, 1.82) is 0 Å². The van der Waals surface area contributed by atoms with Gasteiger partial charge in [-0.1, -0.05) is 26.0 Å². The van der Waals surface area contributed by atoms with Crippen LogP contribution < -0.4 is 10.6 Å². The summed E-state index contributed by atoms with van der Waals surface area (Å²) in [6.07, 6.45) is 0.429. The molecule has 2 aromatic carbocycles. The van der Waals surface area contributed by atoms with Crippen molar-refractivity contribution in [2.75, 3.05) is 31.6 Å². The molecule has 0 heterocycles. The first kappa shape index (κ1) is 26.0. The minimum atomic E-state index is -3.52. The van der Waals surface area contributed by atoms with Gasteiger partial charge in [0.25, 0.3) is 0 Å². The molecule has 0 spiro atoms. The van der Waals surface area contributed by atoms with Gasteiger partial charge in [0, 0.05) is 25.3 Å². The highest BCUT2D eigenvalue weighted by Crippen LogP contribution is 2.16. The molecule has 0 radical (unpaired) electrons. The molecule has 0 saturated carbocycles. The van der Waals surface area contributed by atoms with E-state index in [4.69, 9.17) is 4.74 Å². The van der Waals surface area contributed by atoms with Gasteiger partial charge in [-0.2, -0.15) is 4.31 Å². The van der Waals surface area contributed by atoms with Crippen LogP contribution >= 0.6 is 0 Å². The molecule has 2 rings (SSSR count). The van der Waals surface area contributed by atoms with Crippen LogP contribution in [0.15, 0.2) is 53.4 Å². The number of esters is 1. The molecular weight excluding hydrogens is 446 g/mol. The van der Waals surface area contributed by atoms with Gasteiger partial charge < -0.3 is 15.4 Å². The lowest BCUT2D eigenvalue weighted by atomic mass is 10.1. The molecule has 0 aliphatic carbocycles. The van der Waals surface area contributed by atoms with E-state index in [2.05, 4.69) is 10.6 Å². The summed E-state index contributed by atoms with van der Waals surface area (Å²) in [6, 6.07) is 12.5. The highest BCUT2D eigenvalue weighted by molar-refractivity contribution is 7.89. The highest BCUT2D eigenvalue weighted by Gasteiger charge is 2.21. The van der Waals surface area contributed by atoms with E-state index < -0.39 is 27.8 Å². The van der Waals surface area contributed by atoms with E-state index in [1.165, 1.54) is 40.7 Å². The average molecular weight is 476 g/mol. The van der Waals surface area contributed by atoms with Gasteiger partial charge in [-0.25, -0.2) is 13.2 Å². The Morgan fingerprint density at radius 1 is 0.879 bits per heavy atom. The molecule has 2 N–H and O–H groups in total. The van der Waals surface area contributed by atoms with Crippen LogP contribution in [-0.2, 0) is 30.8 Å². The van der Waals surface area contributed by atoms with E-state index in [9.17, 15) is 22.8 Å². The van der Waals surface area contributed by atoms with Crippen molar-refractivity contribution in [3.63, 3.8) is 0 Å². The number of hydrogen-bond acceptors (Lipinski definition) is 6. The summed E-state index contributed by atoms with van der Waals surface area (Å²) in [7, 11) is -3.52. The van der Waals surface area contributed by atoms with E-state index in [-0.39, 0.29) is 18.0 Å². The van der Waals surface area contributed by atoms with Gasteiger partial charge in [-0.05, 0) is 55.3 Å². The Morgan fingerprint density at radius 2 is 1.48 bits per heavy atom. The minimum absolute atomic E-state index is 0.205. The summed E-state index contributed by atoms with van der Waals surface area (Å²) < 4.78 is 31.3. The van der Waals surface area contributed by atoms with Crippen molar-refractivity contribution in [2.24, 2.45) is 0 Å². The molecule has 0 aliphatic rings. The maximum Gasteiger partial charge on any atom is 0.338 e. The van der Waals surface area contributed by atoms with Crippen LogP contribution in [0.5, 0.6) is 0 Å². The van der Waals surface area contributed by atoms with Crippen LogP contribution in [0.2, 0.25) is 0 Å². The van der Waals surface area contributed by atoms with Crippen LogP contribution in [-0.4, -0.2) is 56.7 Å². The molecule has 2 amide bonds. The number of amides is 2. The lowest BCUT2D eigenvalue weighted by molar-refractivity contribution is -0.136. The second-order valence-corrected chi connectivity index (χ2v) is 8.93. The predicted molar refractivity (Wildman–Crippen MR) is 124 cm³/mol. The average Bonchev–Trinajstić information content (AvgIpc) is 2.80. The van der Waals surface area contributed by atoms with Crippen LogP contribution in [0.25, 0.3) is 0 Å². The first-order valence-electron chi connectivity index (χ1n) is 10.7. The third-order valence-electron chi connectivity index (χ3n) is 4.83. The lowest BCUT2D eigenvalue weighted by Gasteiger charge is -2.18. The number of nitrogens with zero attached hydrogens (tertiary/aromatic N) is 1. The van der Waals surface area contributed by atoms with Gasteiger partial charge in [-0.15, -0.1) is 0 Å². The first-order chi connectivity index (χ1) is 15.7. The smallest absolute Gasteiger partial charge is 0.338 e. The standard InChI is InChI=1S/C23H29N3O6S/c1-4-26(5-2)33(30,31)20-13-7-17(8-14-20)15-16-24-21(27)22(28)25-19-11-9-18(10-12-19)23(29)32-6-3/h7-14H,4-6,15-16H2,1-3H3,(H,24,27)(H,25,28). The fourth-order valence-corrected chi connectivity index (χ4v) is 4.49. The van der Waals surface area contributed by atoms with E-state index in [0.29, 0.717) is 30.8 Å². The van der Waals surface area contributed by atoms with Gasteiger partial charge in [0.1, 0.15) is 0 Å². The number of ether oxygens (including phenoxy) is 1.